The molecular formula is C26H30Cl2N2O2. The number of rotatable bonds is 8. The Labute approximate surface area is 200 Å². The molecule has 4 atom stereocenters. The summed E-state index contributed by atoms with van der Waals surface area (Å²) in [6, 6.07) is 15.2. The Hall–Kier alpha value is -2.30. The maximum absolute atomic E-state index is 13.8. The van der Waals surface area contributed by atoms with Crippen molar-refractivity contribution in [2.75, 3.05) is 6.54 Å². The summed E-state index contributed by atoms with van der Waals surface area (Å²) in [5.41, 5.74) is 2.12. The van der Waals surface area contributed by atoms with Crippen LogP contribution < -0.4 is 5.32 Å². The summed E-state index contributed by atoms with van der Waals surface area (Å²) >= 11 is 12.5. The van der Waals surface area contributed by atoms with Crippen molar-refractivity contribution in [1.82, 2.24) is 10.2 Å². The van der Waals surface area contributed by atoms with Gasteiger partial charge in [-0.05, 0) is 54.7 Å². The van der Waals surface area contributed by atoms with Crippen LogP contribution in [0.4, 0.5) is 0 Å². The first-order valence-electron chi connectivity index (χ1n) is 11.0. The van der Waals surface area contributed by atoms with E-state index in [1.54, 1.807) is 0 Å². The van der Waals surface area contributed by atoms with Crippen molar-refractivity contribution in [2.45, 2.75) is 51.1 Å². The van der Waals surface area contributed by atoms with Crippen molar-refractivity contribution in [3.63, 3.8) is 0 Å². The van der Waals surface area contributed by atoms with Crippen LogP contribution in [0.2, 0.25) is 10.0 Å². The van der Waals surface area contributed by atoms with Crippen molar-refractivity contribution in [3.8, 4) is 0 Å². The highest BCUT2D eigenvalue weighted by molar-refractivity contribution is 6.30. The highest BCUT2D eigenvalue weighted by Crippen LogP contribution is 2.47. The number of likely N-dealkylation sites (tertiary alicyclic amines) is 1. The lowest BCUT2D eigenvalue weighted by Gasteiger charge is -2.48. The molecule has 0 aromatic heterocycles. The fraction of sp³-hybridized carbons (Fsp3) is 0.385. The smallest absolute Gasteiger partial charge is 0.226 e. The molecule has 2 aromatic carbocycles. The SMILES string of the molecule is C=CC[C@H]1CC(c2cccc(Cl)c2)C(c2ccc(Cl)cc2)N([C@H](CC)CNC(C)=O)C1=O. The molecule has 1 N–H and O–H groups in total. The van der Waals surface area contributed by atoms with Crippen LogP contribution in [0.15, 0.2) is 61.2 Å². The lowest BCUT2D eigenvalue weighted by Crippen LogP contribution is -2.54. The fourth-order valence-corrected chi connectivity index (χ4v) is 5.02. The minimum Gasteiger partial charge on any atom is -0.354 e. The molecule has 2 amide bonds. The van der Waals surface area contributed by atoms with Crippen molar-refractivity contribution >= 4 is 35.0 Å². The maximum atomic E-state index is 13.8. The average molecular weight is 473 g/mol. The molecule has 3 rings (SSSR count). The fourth-order valence-electron chi connectivity index (χ4n) is 4.69. The number of hydrogen-bond acceptors (Lipinski definition) is 2. The standard InChI is InChI=1S/C26H30Cl2N2O2/c1-4-7-20-15-24(19-8-6-9-22(28)14-19)25(18-10-12-21(27)13-11-18)30(26(20)32)23(5-2)16-29-17(3)31/h4,6,8-14,20,23-25H,1,5,7,15-16H2,2-3H3,(H,29,31)/t20-,23+,24?,25?/m0/s1. The third-order valence-electron chi connectivity index (χ3n) is 6.21. The number of benzene rings is 2. The third-order valence-corrected chi connectivity index (χ3v) is 6.70. The van der Waals surface area contributed by atoms with E-state index in [1.807, 2.05) is 60.4 Å². The van der Waals surface area contributed by atoms with Crippen LogP contribution in [0.1, 0.15) is 56.2 Å². The summed E-state index contributed by atoms with van der Waals surface area (Å²) in [7, 11) is 0. The van der Waals surface area contributed by atoms with E-state index in [2.05, 4.69) is 18.0 Å². The molecular weight excluding hydrogens is 443 g/mol. The van der Waals surface area contributed by atoms with E-state index >= 15 is 0 Å². The third kappa shape index (κ3) is 5.54. The molecule has 1 saturated heterocycles. The van der Waals surface area contributed by atoms with Crippen molar-refractivity contribution in [2.24, 2.45) is 5.92 Å². The summed E-state index contributed by atoms with van der Waals surface area (Å²) in [5, 5.41) is 4.23. The van der Waals surface area contributed by atoms with Gasteiger partial charge in [0.1, 0.15) is 0 Å². The van der Waals surface area contributed by atoms with Crippen molar-refractivity contribution in [3.05, 3.63) is 82.4 Å². The molecule has 1 aliphatic rings. The molecule has 4 nitrogen and oxygen atoms in total. The average Bonchev–Trinajstić information content (AvgIpc) is 2.77. The summed E-state index contributed by atoms with van der Waals surface area (Å²) < 4.78 is 0. The summed E-state index contributed by atoms with van der Waals surface area (Å²) in [6.07, 6.45) is 3.84. The molecule has 1 fully saturated rings. The maximum Gasteiger partial charge on any atom is 0.226 e. The van der Waals surface area contributed by atoms with Crippen LogP contribution in [0.3, 0.4) is 0 Å². The van der Waals surface area contributed by atoms with E-state index in [4.69, 9.17) is 23.2 Å². The lowest BCUT2D eigenvalue weighted by molar-refractivity contribution is -0.147. The van der Waals surface area contributed by atoms with E-state index < -0.39 is 0 Å². The molecule has 170 valence electrons. The van der Waals surface area contributed by atoms with Crippen molar-refractivity contribution in [1.29, 1.82) is 0 Å². The number of nitrogens with zero attached hydrogens (tertiary/aromatic N) is 1. The highest BCUT2D eigenvalue weighted by Gasteiger charge is 2.45. The van der Waals surface area contributed by atoms with Gasteiger partial charge in [-0.25, -0.2) is 0 Å². The normalized spacial score (nSPS) is 21.8. The van der Waals surface area contributed by atoms with Crippen LogP contribution in [0.25, 0.3) is 0 Å². The number of carbonyl (C=O) groups excluding carboxylic acids is 2. The summed E-state index contributed by atoms with van der Waals surface area (Å²) in [4.78, 5) is 27.4. The van der Waals surface area contributed by atoms with Gasteiger partial charge < -0.3 is 10.2 Å². The topological polar surface area (TPSA) is 49.4 Å². The zero-order valence-corrected chi connectivity index (χ0v) is 20.1. The minimum absolute atomic E-state index is 0.0453. The number of hydrogen-bond donors (Lipinski definition) is 1. The lowest BCUT2D eigenvalue weighted by atomic mass is 9.74. The minimum atomic E-state index is -0.196. The van der Waals surface area contributed by atoms with E-state index in [0.717, 1.165) is 17.5 Å². The molecule has 0 radical (unpaired) electrons. The van der Waals surface area contributed by atoms with Crippen LogP contribution in [-0.4, -0.2) is 29.3 Å². The van der Waals surface area contributed by atoms with Crippen molar-refractivity contribution < 1.29 is 9.59 Å². The van der Waals surface area contributed by atoms with Gasteiger partial charge in [0.25, 0.3) is 0 Å². The second-order valence-electron chi connectivity index (χ2n) is 8.36. The van der Waals surface area contributed by atoms with Gasteiger partial charge in [0, 0.05) is 41.4 Å². The molecule has 1 aliphatic heterocycles. The number of allylic oxidation sites excluding steroid dienone is 1. The van der Waals surface area contributed by atoms with Gasteiger partial charge in [-0.2, -0.15) is 0 Å². The monoisotopic (exact) mass is 472 g/mol. The molecule has 0 bridgehead atoms. The van der Waals surface area contributed by atoms with Gasteiger partial charge in [-0.1, -0.05) is 60.5 Å². The van der Waals surface area contributed by atoms with Gasteiger partial charge in [0.2, 0.25) is 11.8 Å². The predicted molar refractivity (Wildman–Crippen MR) is 131 cm³/mol. The Balaban J connectivity index is 2.14. The largest absolute Gasteiger partial charge is 0.354 e. The quantitative estimate of drug-likeness (QED) is 0.467. The van der Waals surface area contributed by atoms with Gasteiger partial charge in [0.05, 0.1) is 6.04 Å². The Kier molecular flexibility index (Phi) is 8.38. The van der Waals surface area contributed by atoms with E-state index in [-0.39, 0.29) is 35.7 Å². The van der Waals surface area contributed by atoms with E-state index in [0.29, 0.717) is 29.4 Å². The summed E-state index contributed by atoms with van der Waals surface area (Å²) in [5.74, 6) is -0.138. The predicted octanol–water partition coefficient (Wildman–Crippen LogP) is 6.16. The highest BCUT2D eigenvalue weighted by atomic mass is 35.5. The Bertz CT molecular complexity index is 961. The zero-order valence-electron chi connectivity index (χ0n) is 18.6. The van der Waals surface area contributed by atoms with E-state index in [1.165, 1.54) is 6.92 Å². The number of amides is 2. The number of piperidine rings is 1. The summed E-state index contributed by atoms with van der Waals surface area (Å²) in [6.45, 7) is 7.82. The molecule has 0 aliphatic carbocycles. The molecule has 6 heteroatoms. The van der Waals surface area contributed by atoms with Gasteiger partial charge in [-0.15, -0.1) is 6.58 Å². The number of halogens is 2. The molecule has 2 unspecified atom stereocenters. The number of carbonyl (C=O) groups is 2. The molecule has 0 spiro atoms. The molecule has 1 heterocycles. The Morgan fingerprint density at radius 3 is 2.50 bits per heavy atom. The van der Waals surface area contributed by atoms with E-state index in [9.17, 15) is 9.59 Å². The first kappa shape index (κ1) is 24.3. The molecule has 2 aromatic rings. The Morgan fingerprint density at radius 2 is 1.91 bits per heavy atom. The van der Waals surface area contributed by atoms with Crippen LogP contribution >= 0.6 is 23.2 Å². The first-order valence-corrected chi connectivity index (χ1v) is 11.8. The van der Waals surface area contributed by atoms with Gasteiger partial charge >= 0.3 is 0 Å². The zero-order chi connectivity index (χ0) is 23.3. The molecule has 32 heavy (non-hydrogen) atoms. The van der Waals surface area contributed by atoms with Crippen LogP contribution in [-0.2, 0) is 9.59 Å². The second-order valence-corrected chi connectivity index (χ2v) is 9.23. The van der Waals surface area contributed by atoms with Gasteiger partial charge in [-0.3, -0.25) is 9.59 Å². The molecule has 0 saturated carbocycles. The second kappa shape index (κ2) is 11.0. The Morgan fingerprint density at radius 1 is 1.19 bits per heavy atom. The number of nitrogens with one attached hydrogen (secondary N) is 1. The van der Waals surface area contributed by atoms with Gasteiger partial charge in [0.15, 0.2) is 0 Å². The van der Waals surface area contributed by atoms with Crippen LogP contribution in [0.5, 0.6) is 0 Å². The van der Waals surface area contributed by atoms with Crippen LogP contribution in [0, 0.1) is 5.92 Å². The first-order chi connectivity index (χ1) is 15.3.